The Labute approximate surface area is 130 Å². The highest BCUT2D eigenvalue weighted by Crippen LogP contribution is 2.33. The Balaban J connectivity index is 2.45. The second-order valence-electron chi connectivity index (χ2n) is 3.72. The molecule has 1 aromatic carbocycles. The molecule has 0 saturated carbocycles. The summed E-state index contributed by atoms with van der Waals surface area (Å²) in [6.07, 6.45) is 0. The lowest BCUT2D eigenvalue weighted by atomic mass is 10.3. The van der Waals surface area contributed by atoms with Crippen molar-refractivity contribution in [2.24, 2.45) is 0 Å². The van der Waals surface area contributed by atoms with E-state index in [1.165, 1.54) is 18.2 Å². The van der Waals surface area contributed by atoms with Gasteiger partial charge in [-0.05, 0) is 12.1 Å². The molecule has 0 spiro atoms. The van der Waals surface area contributed by atoms with Crippen LogP contribution in [0.4, 0.5) is 11.4 Å². The number of rotatable bonds is 4. The van der Waals surface area contributed by atoms with Crippen molar-refractivity contribution in [3.63, 3.8) is 0 Å². The van der Waals surface area contributed by atoms with E-state index in [4.69, 9.17) is 16.3 Å². The first-order valence-electron chi connectivity index (χ1n) is 5.30. The molecule has 0 saturated heterocycles. The van der Waals surface area contributed by atoms with Gasteiger partial charge in [-0.2, -0.15) is 4.98 Å². The topological polar surface area (TPSA) is 108 Å². The maximum Gasteiger partial charge on any atom is 0.331 e. The van der Waals surface area contributed by atoms with Gasteiger partial charge in [-0.1, -0.05) is 27.5 Å². The fraction of sp³-hybridized carbons (Fsp3) is 0. The molecule has 0 N–H and O–H groups in total. The average Bonchev–Trinajstić information content (AvgIpc) is 2.37. The Hall–Kier alpha value is -2.26. The van der Waals surface area contributed by atoms with Gasteiger partial charge in [0.1, 0.15) is 10.9 Å². The number of non-ortho nitro benzene ring substituents is 1. The molecule has 2 aromatic rings. The van der Waals surface area contributed by atoms with Crippen LogP contribution in [-0.2, 0) is 0 Å². The monoisotopic (exact) mass is 373 g/mol. The number of nitro groups is 2. The third-order valence-corrected chi connectivity index (χ3v) is 2.95. The fourth-order valence-electron chi connectivity index (χ4n) is 1.45. The van der Waals surface area contributed by atoms with Crippen LogP contribution in [0.1, 0.15) is 0 Å². The maximum atomic E-state index is 10.9. The molecular formula is C11H5BrClN3O5. The average molecular weight is 375 g/mol. The van der Waals surface area contributed by atoms with Crippen LogP contribution in [0.2, 0.25) is 5.15 Å². The van der Waals surface area contributed by atoms with Crippen LogP contribution in [-0.4, -0.2) is 14.8 Å². The third kappa shape index (κ3) is 3.64. The first kappa shape index (κ1) is 15.1. The van der Waals surface area contributed by atoms with E-state index >= 15 is 0 Å². The van der Waals surface area contributed by atoms with Crippen molar-refractivity contribution in [2.45, 2.75) is 0 Å². The number of nitrogens with zero attached hydrogens (tertiary/aromatic N) is 3. The number of benzene rings is 1. The van der Waals surface area contributed by atoms with Crippen LogP contribution >= 0.6 is 27.5 Å². The van der Waals surface area contributed by atoms with Crippen molar-refractivity contribution in [1.82, 2.24) is 4.98 Å². The number of pyridine rings is 1. The van der Waals surface area contributed by atoms with E-state index in [0.717, 1.165) is 12.1 Å². The number of aromatic nitrogens is 1. The summed E-state index contributed by atoms with van der Waals surface area (Å²) in [7, 11) is 0. The van der Waals surface area contributed by atoms with Gasteiger partial charge in [0.25, 0.3) is 5.69 Å². The molecule has 0 aliphatic rings. The Morgan fingerprint density at radius 2 is 1.86 bits per heavy atom. The van der Waals surface area contributed by atoms with E-state index in [9.17, 15) is 20.2 Å². The number of ether oxygens (including phenoxy) is 1. The molecule has 0 aliphatic carbocycles. The van der Waals surface area contributed by atoms with Crippen LogP contribution in [0, 0.1) is 20.2 Å². The molecule has 0 aliphatic heterocycles. The molecule has 10 heteroatoms. The summed E-state index contributed by atoms with van der Waals surface area (Å²) < 4.78 is 5.64. The van der Waals surface area contributed by atoms with Crippen molar-refractivity contribution < 1.29 is 14.6 Å². The normalized spacial score (nSPS) is 10.2. The number of nitro benzene ring substituents is 1. The highest BCUT2D eigenvalue weighted by molar-refractivity contribution is 9.10. The minimum Gasteiger partial charge on any atom is -0.433 e. The van der Waals surface area contributed by atoms with Gasteiger partial charge in [0.05, 0.1) is 15.9 Å². The van der Waals surface area contributed by atoms with Gasteiger partial charge < -0.3 is 4.74 Å². The Morgan fingerprint density at radius 1 is 1.14 bits per heavy atom. The van der Waals surface area contributed by atoms with Crippen molar-refractivity contribution in [1.29, 1.82) is 0 Å². The zero-order valence-electron chi connectivity index (χ0n) is 10.0. The zero-order valence-corrected chi connectivity index (χ0v) is 12.4. The Kier molecular flexibility index (Phi) is 4.34. The van der Waals surface area contributed by atoms with Crippen molar-refractivity contribution in [2.75, 3.05) is 0 Å². The van der Waals surface area contributed by atoms with Crippen LogP contribution in [0.15, 0.2) is 34.8 Å². The minimum atomic E-state index is -0.689. The van der Waals surface area contributed by atoms with Crippen molar-refractivity contribution >= 4 is 38.9 Å². The molecule has 2 rings (SSSR count). The van der Waals surface area contributed by atoms with Gasteiger partial charge in [-0.15, -0.1) is 0 Å². The van der Waals surface area contributed by atoms with Crippen molar-refractivity contribution in [3.8, 4) is 11.6 Å². The summed E-state index contributed by atoms with van der Waals surface area (Å²) >= 11 is 8.76. The molecule has 0 fully saturated rings. The molecule has 0 radical (unpaired) electrons. The lowest BCUT2D eigenvalue weighted by molar-refractivity contribution is -0.386. The number of hydrogen-bond acceptors (Lipinski definition) is 6. The molecule has 8 nitrogen and oxygen atoms in total. The van der Waals surface area contributed by atoms with E-state index < -0.39 is 15.5 Å². The highest BCUT2D eigenvalue weighted by atomic mass is 79.9. The highest BCUT2D eigenvalue weighted by Gasteiger charge is 2.19. The van der Waals surface area contributed by atoms with E-state index in [2.05, 4.69) is 20.9 Å². The first-order valence-corrected chi connectivity index (χ1v) is 6.47. The van der Waals surface area contributed by atoms with Crippen molar-refractivity contribution in [3.05, 3.63) is 60.2 Å². The Morgan fingerprint density at radius 3 is 2.48 bits per heavy atom. The SMILES string of the molecule is O=[N+]([O-])c1cc(Br)cc(Oc2nc(Cl)ccc2[N+](=O)[O-])c1. The minimum absolute atomic E-state index is 0.0000894. The van der Waals surface area contributed by atoms with E-state index in [1.807, 2.05) is 0 Å². The third-order valence-electron chi connectivity index (χ3n) is 2.28. The summed E-state index contributed by atoms with van der Waals surface area (Å²) in [6, 6.07) is 6.19. The summed E-state index contributed by atoms with van der Waals surface area (Å²) in [5.41, 5.74) is -0.633. The Bertz CT molecular complexity index is 740. The molecule has 0 amide bonds. The van der Waals surface area contributed by atoms with Gasteiger partial charge >= 0.3 is 11.6 Å². The lowest BCUT2D eigenvalue weighted by Crippen LogP contribution is -1.97. The molecule has 0 bridgehead atoms. The molecule has 108 valence electrons. The molecule has 21 heavy (non-hydrogen) atoms. The summed E-state index contributed by atoms with van der Waals surface area (Å²) in [4.78, 5) is 24.1. The van der Waals surface area contributed by atoms with Crippen LogP contribution in [0.3, 0.4) is 0 Å². The second-order valence-corrected chi connectivity index (χ2v) is 5.02. The standard InChI is InChI=1S/C11H5BrClN3O5/c12-6-3-7(15(17)18)5-8(4-6)21-11-9(16(19)20)1-2-10(13)14-11/h1-5H. The van der Waals surface area contributed by atoms with Crippen LogP contribution < -0.4 is 4.74 Å². The lowest BCUT2D eigenvalue weighted by Gasteiger charge is -2.06. The van der Waals surface area contributed by atoms with Crippen LogP contribution in [0.5, 0.6) is 11.6 Å². The smallest absolute Gasteiger partial charge is 0.331 e. The molecule has 1 aromatic heterocycles. The zero-order chi connectivity index (χ0) is 15.6. The summed E-state index contributed by atoms with van der Waals surface area (Å²) in [5.74, 6) is -0.325. The quantitative estimate of drug-likeness (QED) is 0.453. The number of hydrogen-bond donors (Lipinski definition) is 0. The van der Waals surface area contributed by atoms with Gasteiger partial charge in [-0.25, -0.2) is 0 Å². The first-order chi connectivity index (χ1) is 9.86. The molecule has 0 unspecified atom stereocenters. The van der Waals surface area contributed by atoms with Gasteiger partial charge in [-0.3, -0.25) is 20.2 Å². The predicted octanol–water partition coefficient (Wildman–Crippen LogP) is 4.11. The largest absolute Gasteiger partial charge is 0.433 e. The fourth-order valence-corrected chi connectivity index (χ4v) is 2.05. The summed E-state index contributed by atoms with van der Waals surface area (Å²) in [6.45, 7) is 0. The maximum absolute atomic E-state index is 10.9. The molecular weight excluding hydrogens is 369 g/mol. The van der Waals surface area contributed by atoms with Gasteiger partial charge in [0, 0.05) is 16.6 Å². The molecule has 1 heterocycles. The van der Waals surface area contributed by atoms with E-state index in [1.54, 1.807) is 0 Å². The van der Waals surface area contributed by atoms with E-state index in [0.29, 0.717) is 4.47 Å². The number of halogens is 2. The van der Waals surface area contributed by atoms with Crippen LogP contribution in [0.25, 0.3) is 0 Å². The second kappa shape index (κ2) is 6.02. The molecule has 0 atom stereocenters. The van der Waals surface area contributed by atoms with E-state index in [-0.39, 0.29) is 22.5 Å². The van der Waals surface area contributed by atoms with Gasteiger partial charge in [0.15, 0.2) is 0 Å². The summed E-state index contributed by atoms with van der Waals surface area (Å²) in [5, 5.41) is 21.7. The predicted molar refractivity (Wildman–Crippen MR) is 76.8 cm³/mol. The van der Waals surface area contributed by atoms with Gasteiger partial charge in [0.2, 0.25) is 0 Å².